The van der Waals surface area contributed by atoms with Crippen molar-refractivity contribution in [2.75, 3.05) is 0 Å². The van der Waals surface area contributed by atoms with Crippen LogP contribution in [0.1, 0.15) is 43.7 Å². The van der Waals surface area contributed by atoms with Crippen LogP contribution in [0.4, 0.5) is 0 Å². The highest BCUT2D eigenvalue weighted by Gasteiger charge is 2.12. The molecule has 0 radical (unpaired) electrons. The minimum atomic E-state index is 0.0223. The first-order chi connectivity index (χ1) is 8.16. The Morgan fingerprint density at radius 3 is 2.65 bits per heavy atom. The minimum Gasteiger partial charge on any atom is -0.324 e. The van der Waals surface area contributed by atoms with E-state index in [0.717, 1.165) is 12.0 Å². The number of allylic oxidation sites excluding steroid dienone is 1. The summed E-state index contributed by atoms with van der Waals surface area (Å²) >= 11 is 11.9. The number of nitrogens with two attached hydrogens (primary N) is 1. The second-order valence-electron chi connectivity index (χ2n) is 4.59. The maximum atomic E-state index is 6.20. The van der Waals surface area contributed by atoms with Gasteiger partial charge in [-0.25, -0.2) is 0 Å². The number of hydrogen-bond acceptors (Lipinski definition) is 1. The molecule has 0 aliphatic heterocycles. The van der Waals surface area contributed by atoms with Crippen LogP contribution >= 0.6 is 23.2 Å². The molecule has 0 heterocycles. The highest BCUT2D eigenvalue weighted by atomic mass is 35.5. The third kappa shape index (κ3) is 3.48. The molecule has 0 bridgehead atoms. The summed E-state index contributed by atoms with van der Waals surface area (Å²) in [5.74, 6) is 0. The van der Waals surface area contributed by atoms with Crippen LogP contribution in [0.2, 0.25) is 10.0 Å². The molecule has 2 rings (SSSR count). The van der Waals surface area contributed by atoms with E-state index in [2.05, 4.69) is 6.08 Å². The van der Waals surface area contributed by atoms with Crippen molar-refractivity contribution in [3.8, 4) is 0 Å². The van der Waals surface area contributed by atoms with Crippen molar-refractivity contribution in [1.82, 2.24) is 0 Å². The Balaban J connectivity index is 2.06. The molecule has 0 aromatic heterocycles. The standard InChI is InChI=1S/C14H17Cl2N/c15-12-7-6-11(9-13(12)16)14(17)8-10-4-2-1-3-5-10/h4,6-7,9,14H,1-3,5,8,17H2. The highest BCUT2D eigenvalue weighted by Crippen LogP contribution is 2.29. The van der Waals surface area contributed by atoms with Crippen LogP contribution in [-0.2, 0) is 0 Å². The molecule has 0 fully saturated rings. The summed E-state index contributed by atoms with van der Waals surface area (Å²) in [7, 11) is 0. The second kappa shape index (κ2) is 5.90. The molecule has 0 amide bonds. The number of halogens is 2. The number of rotatable bonds is 3. The van der Waals surface area contributed by atoms with Crippen LogP contribution in [0.3, 0.4) is 0 Å². The topological polar surface area (TPSA) is 26.0 Å². The van der Waals surface area contributed by atoms with Crippen molar-refractivity contribution in [2.24, 2.45) is 5.73 Å². The molecule has 17 heavy (non-hydrogen) atoms. The van der Waals surface area contributed by atoms with Crippen molar-refractivity contribution in [3.63, 3.8) is 0 Å². The molecule has 1 atom stereocenters. The lowest BCUT2D eigenvalue weighted by atomic mass is 9.92. The third-order valence-electron chi connectivity index (χ3n) is 3.24. The molecule has 1 unspecified atom stereocenters. The molecule has 1 aliphatic rings. The number of benzene rings is 1. The lowest BCUT2D eigenvalue weighted by molar-refractivity contribution is 0.628. The average Bonchev–Trinajstić information content (AvgIpc) is 2.34. The van der Waals surface area contributed by atoms with E-state index >= 15 is 0 Å². The fourth-order valence-electron chi connectivity index (χ4n) is 2.23. The molecule has 92 valence electrons. The normalized spacial score (nSPS) is 17.7. The first-order valence-electron chi connectivity index (χ1n) is 6.05. The van der Waals surface area contributed by atoms with Gasteiger partial charge in [-0.15, -0.1) is 0 Å². The Labute approximate surface area is 113 Å². The molecular weight excluding hydrogens is 253 g/mol. The molecular formula is C14H17Cl2N. The van der Waals surface area contributed by atoms with Crippen LogP contribution in [0, 0.1) is 0 Å². The smallest absolute Gasteiger partial charge is 0.0595 e. The fourth-order valence-corrected chi connectivity index (χ4v) is 2.54. The van der Waals surface area contributed by atoms with Crippen LogP contribution in [0.15, 0.2) is 29.8 Å². The molecule has 1 nitrogen and oxygen atoms in total. The van der Waals surface area contributed by atoms with Gasteiger partial charge >= 0.3 is 0 Å². The van der Waals surface area contributed by atoms with E-state index in [-0.39, 0.29) is 6.04 Å². The predicted molar refractivity (Wildman–Crippen MR) is 74.6 cm³/mol. The van der Waals surface area contributed by atoms with Gasteiger partial charge in [-0.05, 0) is 49.8 Å². The molecule has 0 saturated carbocycles. The van der Waals surface area contributed by atoms with Crippen molar-refractivity contribution < 1.29 is 0 Å². The van der Waals surface area contributed by atoms with E-state index < -0.39 is 0 Å². The number of hydrogen-bond donors (Lipinski definition) is 1. The summed E-state index contributed by atoms with van der Waals surface area (Å²) in [6.07, 6.45) is 8.25. The van der Waals surface area contributed by atoms with Gasteiger partial charge in [-0.3, -0.25) is 0 Å². The van der Waals surface area contributed by atoms with Gasteiger partial charge in [-0.1, -0.05) is 40.9 Å². The Bertz CT molecular complexity index is 426. The van der Waals surface area contributed by atoms with E-state index in [0.29, 0.717) is 10.0 Å². The Hall–Kier alpha value is -0.500. The quantitative estimate of drug-likeness (QED) is 0.778. The average molecular weight is 270 g/mol. The lowest BCUT2D eigenvalue weighted by Crippen LogP contribution is -2.12. The van der Waals surface area contributed by atoms with Crippen LogP contribution in [-0.4, -0.2) is 0 Å². The monoisotopic (exact) mass is 269 g/mol. The molecule has 0 spiro atoms. The van der Waals surface area contributed by atoms with Crippen LogP contribution in [0.5, 0.6) is 0 Å². The van der Waals surface area contributed by atoms with Gasteiger partial charge in [-0.2, -0.15) is 0 Å². The summed E-state index contributed by atoms with van der Waals surface area (Å²) < 4.78 is 0. The van der Waals surface area contributed by atoms with Crippen LogP contribution < -0.4 is 5.73 Å². The van der Waals surface area contributed by atoms with E-state index in [1.807, 2.05) is 18.2 Å². The molecule has 1 aliphatic carbocycles. The SMILES string of the molecule is NC(CC1=CCCCC1)c1ccc(Cl)c(Cl)c1. The van der Waals surface area contributed by atoms with E-state index in [1.165, 1.54) is 31.3 Å². The molecule has 1 aromatic carbocycles. The zero-order chi connectivity index (χ0) is 12.3. The maximum absolute atomic E-state index is 6.20. The summed E-state index contributed by atoms with van der Waals surface area (Å²) in [4.78, 5) is 0. The van der Waals surface area contributed by atoms with Crippen molar-refractivity contribution in [1.29, 1.82) is 0 Å². The van der Waals surface area contributed by atoms with Gasteiger partial charge in [0.2, 0.25) is 0 Å². The van der Waals surface area contributed by atoms with Gasteiger partial charge in [0.15, 0.2) is 0 Å². The first-order valence-corrected chi connectivity index (χ1v) is 6.81. The molecule has 2 N–H and O–H groups in total. The van der Waals surface area contributed by atoms with E-state index in [1.54, 1.807) is 0 Å². The highest BCUT2D eigenvalue weighted by molar-refractivity contribution is 6.42. The molecule has 1 aromatic rings. The predicted octanol–water partition coefficient (Wildman–Crippen LogP) is 4.88. The van der Waals surface area contributed by atoms with Gasteiger partial charge in [0.1, 0.15) is 0 Å². The summed E-state index contributed by atoms with van der Waals surface area (Å²) in [6.45, 7) is 0. The first kappa shape index (κ1) is 12.9. The maximum Gasteiger partial charge on any atom is 0.0595 e. The largest absolute Gasteiger partial charge is 0.324 e. The van der Waals surface area contributed by atoms with Gasteiger partial charge in [0.05, 0.1) is 10.0 Å². The second-order valence-corrected chi connectivity index (χ2v) is 5.41. The summed E-state index contributed by atoms with van der Waals surface area (Å²) in [6, 6.07) is 5.67. The van der Waals surface area contributed by atoms with Gasteiger partial charge in [0, 0.05) is 6.04 Å². The van der Waals surface area contributed by atoms with Crippen LogP contribution in [0.25, 0.3) is 0 Å². The fraction of sp³-hybridized carbons (Fsp3) is 0.429. The minimum absolute atomic E-state index is 0.0223. The lowest BCUT2D eigenvalue weighted by Gasteiger charge is -2.18. The summed E-state index contributed by atoms with van der Waals surface area (Å²) in [5, 5.41) is 1.16. The zero-order valence-electron chi connectivity index (χ0n) is 9.76. The van der Waals surface area contributed by atoms with Gasteiger partial charge < -0.3 is 5.73 Å². The van der Waals surface area contributed by atoms with Crippen molar-refractivity contribution in [3.05, 3.63) is 45.5 Å². The third-order valence-corrected chi connectivity index (χ3v) is 3.98. The summed E-state index contributed by atoms with van der Waals surface area (Å²) in [5.41, 5.74) is 8.74. The van der Waals surface area contributed by atoms with E-state index in [9.17, 15) is 0 Å². The molecule has 3 heteroatoms. The van der Waals surface area contributed by atoms with Crippen molar-refractivity contribution >= 4 is 23.2 Å². The zero-order valence-corrected chi connectivity index (χ0v) is 11.3. The Morgan fingerprint density at radius 1 is 1.18 bits per heavy atom. The Kier molecular flexibility index (Phi) is 4.49. The van der Waals surface area contributed by atoms with Gasteiger partial charge in [0.25, 0.3) is 0 Å². The molecule has 0 saturated heterocycles. The Morgan fingerprint density at radius 2 is 2.00 bits per heavy atom. The van der Waals surface area contributed by atoms with Crippen molar-refractivity contribution in [2.45, 2.75) is 38.1 Å². The van der Waals surface area contributed by atoms with E-state index in [4.69, 9.17) is 28.9 Å².